The van der Waals surface area contributed by atoms with E-state index in [2.05, 4.69) is 4.90 Å². The summed E-state index contributed by atoms with van der Waals surface area (Å²) in [5, 5.41) is 0. The highest BCUT2D eigenvalue weighted by Crippen LogP contribution is 2.27. The number of nitrogens with two attached hydrogens (primary N) is 1. The second-order valence-corrected chi connectivity index (χ2v) is 5.64. The Labute approximate surface area is 123 Å². The number of hydrogen-bond donors (Lipinski definition) is 1. The predicted molar refractivity (Wildman–Crippen MR) is 76.8 cm³/mol. The molecule has 0 aliphatic carbocycles. The minimum absolute atomic E-state index is 0.401. The molecular weight excluding hydrogens is 279 g/mol. The van der Waals surface area contributed by atoms with Gasteiger partial charge in [-0.25, -0.2) is 0 Å². The molecule has 1 aromatic carbocycles. The van der Waals surface area contributed by atoms with Gasteiger partial charge in [-0.3, -0.25) is 9.80 Å². The van der Waals surface area contributed by atoms with E-state index in [9.17, 15) is 13.2 Å². The van der Waals surface area contributed by atoms with Crippen molar-refractivity contribution in [2.24, 2.45) is 5.73 Å². The Morgan fingerprint density at radius 3 is 2.14 bits per heavy atom. The molecule has 1 aliphatic heterocycles. The molecule has 0 aromatic heterocycles. The van der Waals surface area contributed by atoms with Gasteiger partial charge in [0.1, 0.15) is 6.04 Å². The van der Waals surface area contributed by atoms with E-state index in [4.69, 9.17) is 5.73 Å². The van der Waals surface area contributed by atoms with Crippen molar-refractivity contribution >= 4 is 0 Å². The number of halogens is 3. The van der Waals surface area contributed by atoms with Gasteiger partial charge in [0.2, 0.25) is 0 Å². The fraction of sp³-hybridized carbons (Fsp3) is 0.600. The Balaban J connectivity index is 1.90. The lowest BCUT2D eigenvalue weighted by molar-refractivity contribution is -0.192. The molecule has 3 nitrogen and oxygen atoms in total. The third-order valence-corrected chi connectivity index (χ3v) is 3.88. The van der Waals surface area contributed by atoms with Crippen LogP contribution in [0, 0.1) is 0 Å². The lowest BCUT2D eigenvalue weighted by Gasteiger charge is -2.41. The van der Waals surface area contributed by atoms with Crippen LogP contribution in [0.1, 0.15) is 12.5 Å². The van der Waals surface area contributed by atoms with Gasteiger partial charge in [0, 0.05) is 38.8 Å². The fourth-order valence-electron chi connectivity index (χ4n) is 2.88. The van der Waals surface area contributed by atoms with Crippen molar-refractivity contribution in [2.45, 2.75) is 31.7 Å². The standard InChI is InChI=1S/C15H22F3N3/c1-12(19)14(15(16,17)18)21-9-7-20(8-10-21)11-13-5-3-2-4-6-13/h2-6,12,14H,7-11,19H2,1H3. The molecule has 2 atom stereocenters. The van der Waals surface area contributed by atoms with Crippen molar-refractivity contribution in [3.63, 3.8) is 0 Å². The number of alkyl halides is 3. The van der Waals surface area contributed by atoms with E-state index in [0.717, 1.165) is 6.54 Å². The maximum absolute atomic E-state index is 13.1. The van der Waals surface area contributed by atoms with Crippen molar-refractivity contribution in [1.82, 2.24) is 9.80 Å². The molecule has 0 bridgehead atoms. The lowest BCUT2D eigenvalue weighted by atomic mass is 10.1. The molecule has 1 fully saturated rings. The molecule has 2 unspecified atom stereocenters. The topological polar surface area (TPSA) is 32.5 Å². The molecule has 0 amide bonds. The molecular formula is C15H22F3N3. The molecule has 0 spiro atoms. The van der Waals surface area contributed by atoms with Crippen LogP contribution in [0.15, 0.2) is 30.3 Å². The molecule has 1 heterocycles. The maximum Gasteiger partial charge on any atom is 0.405 e. The first-order valence-electron chi connectivity index (χ1n) is 7.20. The molecule has 1 saturated heterocycles. The highest BCUT2D eigenvalue weighted by molar-refractivity contribution is 5.14. The average molecular weight is 301 g/mol. The molecule has 0 radical (unpaired) electrons. The number of benzene rings is 1. The molecule has 21 heavy (non-hydrogen) atoms. The van der Waals surface area contributed by atoms with Crippen molar-refractivity contribution in [1.29, 1.82) is 0 Å². The van der Waals surface area contributed by atoms with Gasteiger partial charge in [-0.05, 0) is 12.5 Å². The molecule has 2 N–H and O–H groups in total. The number of piperazine rings is 1. The quantitative estimate of drug-likeness (QED) is 0.924. The van der Waals surface area contributed by atoms with E-state index in [0.29, 0.717) is 26.2 Å². The van der Waals surface area contributed by atoms with Crippen molar-refractivity contribution in [2.75, 3.05) is 26.2 Å². The summed E-state index contributed by atoms with van der Waals surface area (Å²) in [5.41, 5.74) is 6.72. The predicted octanol–water partition coefficient (Wildman–Crippen LogP) is 2.08. The van der Waals surface area contributed by atoms with Crippen LogP contribution in [-0.2, 0) is 6.54 Å². The van der Waals surface area contributed by atoms with Gasteiger partial charge in [-0.15, -0.1) is 0 Å². The zero-order chi connectivity index (χ0) is 15.5. The van der Waals surface area contributed by atoms with Crippen LogP contribution in [0.2, 0.25) is 0 Å². The van der Waals surface area contributed by atoms with Crippen LogP contribution < -0.4 is 5.73 Å². The summed E-state index contributed by atoms with van der Waals surface area (Å²) in [6.07, 6.45) is -4.27. The molecule has 1 aliphatic rings. The summed E-state index contributed by atoms with van der Waals surface area (Å²) in [5.74, 6) is 0. The summed E-state index contributed by atoms with van der Waals surface area (Å²) in [6.45, 7) is 4.28. The van der Waals surface area contributed by atoms with E-state index in [1.807, 2.05) is 30.3 Å². The third-order valence-electron chi connectivity index (χ3n) is 3.88. The Morgan fingerprint density at radius 2 is 1.67 bits per heavy atom. The first-order chi connectivity index (χ1) is 9.88. The molecule has 6 heteroatoms. The van der Waals surface area contributed by atoms with Gasteiger partial charge < -0.3 is 5.73 Å². The first kappa shape index (κ1) is 16.3. The second-order valence-electron chi connectivity index (χ2n) is 5.64. The SMILES string of the molecule is CC(N)C(N1CCN(Cc2ccccc2)CC1)C(F)(F)F. The van der Waals surface area contributed by atoms with Gasteiger partial charge in [-0.1, -0.05) is 30.3 Å². The van der Waals surface area contributed by atoms with Crippen molar-refractivity contribution in [3.8, 4) is 0 Å². The van der Waals surface area contributed by atoms with E-state index < -0.39 is 18.3 Å². The van der Waals surface area contributed by atoms with Crippen LogP contribution >= 0.6 is 0 Å². The van der Waals surface area contributed by atoms with E-state index in [1.54, 1.807) is 0 Å². The molecule has 0 saturated carbocycles. The normalized spacial score (nSPS) is 21.2. The van der Waals surface area contributed by atoms with Gasteiger partial charge >= 0.3 is 6.18 Å². The minimum Gasteiger partial charge on any atom is -0.326 e. The Morgan fingerprint density at radius 1 is 1.10 bits per heavy atom. The van der Waals surface area contributed by atoms with E-state index in [1.165, 1.54) is 17.4 Å². The Hall–Kier alpha value is -1.11. The number of rotatable bonds is 4. The molecule has 1 aromatic rings. The van der Waals surface area contributed by atoms with E-state index in [-0.39, 0.29) is 0 Å². The van der Waals surface area contributed by atoms with Crippen LogP contribution in [0.4, 0.5) is 13.2 Å². The maximum atomic E-state index is 13.1. The van der Waals surface area contributed by atoms with Gasteiger partial charge in [0.25, 0.3) is 0 Å². The van der Waals surface area contributed by atoms with E-state index >= 15 is 0 Å². The van der Waals surface area contributed by atoms with Crippen molar-refractivity contribution < 1.29 is 13.2 Å². The summed E-state index contributed by atoms with van der Waals surface area (Å²) < 4.78 is 39.2. The Bertz CT molecular complexity index is 426. The summed E-state index contributed by atoms with van der Waals surface area (Å²) >= 11 is 0. The van der Waals surface area contributed by atoms with Gasteiger partial charge in [-0.2, -0.15) is 13.2 Å². The molecule has 2 rings (SSSR count). The van der Waals surface area contributed by atoms with Crippen molar-refractivity contribution in [3.05, 3.63) is 35.9 Å². The summed E-state index contributed by atoms with van der Waals surface area (Å²) in [6, 6.07) is 7.52. The fourth-order valence-corrected chi connectivity index (χ4v) is 2.88. The smallest absolute Gasteiger partial charge is 0.326 e. The zero-order valence-electron chi connectivity index (χ0n) is 12.2. The lowest BCUT2D eigenvalue weighted by Crippen LogP contribution is -2.60. The largest absolute Gasteiger partial charge is 0.405 e. The van der Waals surface area contributed by atoms with Crippen LogP contribution in [0.25, 0.3) is 0 Å². The second kappa shape index (κ2) is 6.77. The Kier molecular flexibility index (Phi) is 5.24. The zero-order valence-corrected chi connectivity index (χ0v) is 12.2. The van der Waals surface area contributed by atoms with Gasteiger partial charge in [0.05, 0.1) is 0 Å². The molecule has 118 valence electrons. The van der Waals surface area contributed by atoms with Gasteiger partial charge in [0.15, 0.2) is 0 Å². The number of nitrogens with zero attached hydrogens (tertiary/aromatic N) is 2. The highest BCUT2D eigenvalue weighted by atomic mass is 19.4. The summed E-state index contributed by atoms with van der Waals surface area (Å²) in [7, 11) is 0. The average Bonchev–Trinajstić information content (AvgIpc) is 2.40. The minimum atomic E-state index is -4.27. The monoisotopic (exact) mass is 301 g/mol. The summed E-state index contributed by atoms with van der Waals surface area (Å²) in [4.78, 5) is 3.65. The third kappa shape index (κ3) is 4.43. The van der Waals surface area contributed by atoms with Crippen LogP contribution in [0.5, 0.6) is 0 Å². The first-order valence-corrected chi connectivity index (χ1v) is 7.20. The number of hydrogen-bond acceptors (Lipinski definition) is 3. The van der Waals surface area contributed by atoms with Crippen LogP contribution in [0.3, 0.4) is 0 Å². The van der Waals surface area contributed by atoms with Crippen LogP contribution in [-0.4, -0.2) is 54.2 Å². The highest BCUT2D eigenvalue weighted by Gasteiger charge is 2.46.